The second kappa shape index (κ2) is 5.83. The van der Waals surface area contributed by atoms with Crippen molar-refractivity contribution in [1.82, 2.24) is 9.97 Å². The van der Waals surface area contributed by atoms with E-state index >= 15 is 0 Å². The van der Waals surface area contributed by atoms with Crippen molar-refractivity contribution in [3.05, 3.63) is 30.1 Å². The Labute approximate surface area is 116 Å². The summed E-state index contributed by atoms with van der Waals surface area (Å²) in [5.74, 6) is -0.821. The molecule has 0 fully saturated rings. The zero-order valence-electron chi connectivity index (χ0n) is 11.4. The van der Waals surface area contributed by atoms with E-state index in [9.17, 15) is 9.90 Å². The number of aliphatic hydroxyl groups is 1. The molecule has 0 saturated carbocycles. The summed E-state index contributed by atoms with van der Waals surface area (Å²) in [6.07, 6.45) is 0. The minimum Gasteiger partial charge on any atom is -0.475 e. The van der Waals surface area contributed by atoms with Crippen molar-refractivity contribution >= 4 is 22.7 Å². The highest BCUT2D eigenvalue weighted by molar-refractivity contribution is 5.93. The number of benzene rings is 1. The average molecular weight is 275 g/mol. The van der Waals surface area contributed by atoms with Crippen molar-refractivity contribution in [2.75, 3.05) is 11.9 Å². The maximum atomic E-state index is 11.1. The molecule has 1 heterocycles. The van der Waals surface area contributed by atoms with Gasteiger partial charge in [-0.3, -0.25) is 0 Å². The van der Waals surface area contributed by atoms with Gasteiger partial charge in [-0.15, -0.1) is 0 Å². The fourth-order valence-corrected chi connectivity index (χ4v) is 1.88. The predicted octanol–water partition coefficient (Wildman–Crippen LogP) is 1.76. The molecule has 0 bridgehead atoms. The predicted molar refractivity (Wildman–Crippen MR) is 75.8 cm³/mol. The SMILES string of the molecule is CC(C)C(CO)Nc1nc(C(=O)O)nc2ccccc12. The van der Waals surface area contributed by atoms with Crippen LogP contribution in [0.3, 0.4) is 0 Å². The number of nitrogens with one attached hydrogen (secondary N) is 1. The van der Waals surface area contributed by atoms with Crippen molar-refractivity contribution in [3.8, 4) is 0 Å². The number of anilines is 1. The van der Waals surface area contributed by atoms with Crippen LogP contribution in [0.1, 0.15) is 24.5 Å². The van der Waals surface area contributed by atoms with E-state index in [1.54, 1.807) is 12.1 Å². The van der Waals surface area contributed by atoms with E-state index in [0.717, 1.165) is 5.39 Å². The Morgan fingerprint density at radius 2 is 2.00 bits per heavy atom. The fraction of sp³-hybridized carbons (Fsp3) is 0.357. The van der Waals surface area contributed by atoms with E-state index < -0.39 is 5.97 Å². The van der Waals surface area contributed by atoms with Gasteiger partial charge >= 0.3 is 5.97 Å². The van der Waals surface area contributed by atoms with Gasteiger partial charge in [0.2, 0.25) is 5.82 Å². The molecule has 1 atom stereocenters. The topological polar surface area (TPSA) is 95.3 Å². The minimum absolute atomic E-state index is 0.0571. The number of aliphatic hydroxyl groups excluding tert-OH is 1. The van der Waals surface area contributed by atoms with Gasteiger partial charge in [-0.05, 0) is 18.1 Å². The van der Waals surface area contributed by atoms with Crippen LogP contribution in [0.25, 0.3) is 10.9 Å². The smallest absolute Gasteiger partial charge is 0.374 e. The van der Waals surface area contributed by atoms with Crippen LogP contribution in [0, 0.1) is 5.92 Å². The Balaban J connectivity index is 2.52. The van der Waals surface area contributed by atoms with Gasteiger partial charge in [0, 0.05) is 5.39 Å². The lowest BCUT2D eigenvalue weighted by atomic mass is 10.1. The molecule has 0 aliphatic heterocycles. The molecular weight excluding hydrogens is 258 g/mol. The standard InChI is InChI=1S/C14H17N3O3/c1-8(2)11(7-18)16-12-9-5-3-4-6-10(9)15-13(17-12)14(19)20/h3-6,8,11,18H,7H2,1-2H3,(H,19,20)(H,15,16,17). The van der Waals surface area contributed by atoms with Gasteiger partial charge < -0.3 is 15.5 Å². The van der Waals surface area contributed by atoms with Crippen LogP contribution < -0.4 is 5.32 Å². The van der Waals surface area contributed by atoms with Crippen LogP contribution >= 0.6 is 0 Å². The van der Waals surface area contributed by atoms with Gasteiger partial charge in [-0.2, -0.15) is 0 Å². The van der Waals surface area contributed by atoms with Gasteiger partial charge in [0.15, 0.2) is 0 Å². The zero-order chi connectivity index (χ0) is 14.7. The zero-order valence-corrected chi connectivity index (χ0v) is 11.4. The first-order valence-electron chi connectivity index (χ1n) is 6.40. The molecule has 1 aromatic carbocycles. The lowest BCUT2D eigenvalue weighted by molar-refractivity contribution is 0.0684. The summed E-state index contributed by atoms with van der Waals surface area (Å²) < 4.78 is 0. The number of para-hydroxylation sites is 1. The van der Waals surface area contributed by atoms with Gasteiger partial charge in [-0.1, -0.05) is 26.0 Å². The Kier molecular flexibility index (Phi) is 4.14. The summed E-state index contributed by atoms with van der Waals surface area (Å²) >= 11 is 0. The summed E-state index contributed by atoms with van der Waals surface area (Å²) in [7, 11) is 0. The summed E-state index contributed by atoms with van der Waals surface area (Å²) in [6.45, 7) is 3.88. The molecule has 0 amide bonds. The molecule has 20 heavy (non-hydrogen) atoms. The molecule has 0 aliphatic rings. The van der Waals surface area contributed by atoms with Crippen LogP contribution in [0.2, 0.25) is 0 Å². The molecule has 2 rings (SSSR count). The van der Waals surface area contributed by atoms with E-state index in [1.807, 2.05) is 26.0 Å². The van der Waals surface area contributed by atoms with Crippen LogP contribution in [0.4, 0.5) is 5.82 Å². The number of nitrogens with zero attached hydrogens (tertiary/aromatic N) is 2. The molecule has 1 unspecified atom stereocenters. The molecule has 6 heteroatoms. The first-order valence-corrected chi connectivity index (χ1v) is 6.40. The van der Waals surface area contributed by atoms with E-state index in [-0.39, 0.29) is 24.4 Å². The quantitative estimate of drug-likeness (QED) is 0.769. The molecule has 6 nitrogen and oxygen atoms in total. The number of fused-ring (bicyclic) bond motifs is 1. The summed E-state index contributed by atoms with van der Waals surface area (Å²) in [5, 5.41) is 22.3. The van der Waals surface area contributed by atoms with E-state index in [1.165, 1.54) is 0 Å². The third kappa shape index (κ3) is 2.85. The molecule has 0 spiro atoms. The third-order valence-electron chi connectivity index (χ3n) is 3.12. The number of carbonyl (C=O) groups is 1. The third-order valence-corrected chi connectivity index (χ3v) is 3.12. The second-order valence-corrected chi connectivity index (χ2v) is 4.90. The highest BCUT2D eigenvalue weighted by Gasteiger charge is 2.17. The van der Waals surface area contributed by atoms with E-state index in [0.29, 0.717) is 11.3 Å². The normalized spacial score (nSPS) is 12.6. The number of carboxylic acids is 1. The van der Waals surface area contributed by atoms with Crippen LogP contribution in [-0.4, -0.2) is 38.8 Å². The first kappa shape index (κ1) is 14.2. The number of rotatable bonds is 5. The highest BCUT2D eigenvalue weighted by Crippen LogP contribution is 2.22. The van der Waals surface area contributed by atoms with Crippen molar-refractivity contribution in [2.24, 2.45) is 5.92 Å². The van der Waals surface area contributed by atoms with Crippen molar-refractivity contribution in [2.45, 2.75) is 19.9 Å². The molecule has 0 aliphatic carbocycles. The average Bonchev–Trinajstić information content (AvgIpc) is 2.43. The van der Waals surface area contributed by atoms with Gasteiger partial charge in [-0.25, -0.2) is 14.8 Å². The number of hydrogen-bond donors (Lipinski definition) is 3. The highest BCUT2D eigenvalue weighted by atomic mass is 16.4. The van der Waals surface area contributed by atoms with E-state index in [4.69, 9.17) is 5.11 Å². The van der Waals surface area contributed by atoms with Crippen LogP contribution in [-0.2, 0) is 0 Å². The minimum atomic E-state index is -1.18. The molecule has 3 N–H and O–H groups in total. The number of hydrogen-bond acceptors (Lipinski definition) is 5. The summed E-state index contributed by atoms with van der Waals surface area (Å²) in [5.41, 5.74) is 0.558. The molecule has 106 valence electrons. The summed E-state index contributed by atoms with van der Waals surface area (Å²) in [6, 6.07) is 6.97. The summed E-state index contributed by atoms with van der Waals surface area (Å²) in [4.78, 5) is 19.1. The molecule has 1 aromatic heterocycles. The lowest BCUT2D eigenvalue weighted by Crippen LogP contribution is -2.30. The molecular formula is C14H17N3O3. The Morgan fingerprint density at radius 3 is 2.60 bits per heavy atom. The van der Waals surface area contributed by atoms with Gasteiger partial charge in [0.05, 0.1) is 18.2 Å². The fourth-order valence-electron chi connectivity index (χ4n) is 1.88. The lowest BCUT2D eigenvalue weighted by Gasteiger charge is -2.21. The van der Waals surface area contributed by atoms with Gasteiger partial charge in [0.1, 0.15) is 5.82 Å². The molecule has 2 aromatic rings. The molecule has 0 radical (unpaired) electrons. The molecule has 0 saturated heterocycles. The number of aromatic nitrogens is 2. The number of carboxylic acid groups (broad SMARTS) is 1. The maximum Gasteiger partial charge on any atom is 0.374 e. The largest absolute Gasteiger partial charge is 0.475 e. The Morgan fingerprint density at radius 1 is 1.30 bits per heavy atom. The monoisotopic (exact) mass is 275 g/mol. The van der Waals surface area contributed by atoms with Crippen molar-refractivity contribution in [3.63, 3.8) is 0 Å². The second-order valence-electron chi connectivity index (χ2n) is 4.90. The van der Waals surface area contributed by atoms with E-state index in [2.05, 4.69) is 15.3 Å². The Hall–Kier alpha value is -2.21. The maximum absolute atomic E-state index is 11.1. The van der Waals surface area contributed by atoms with Gasteiger partial charge in [0.25, 0.3) is 0 Å². The van der Waals surface area contributed by atoms with Crippen LogP contribution in [0.15, 0.2) is 24.3 Å². The number of aromatic carboxylic acids is 1. The van der Waals surface area contributed by atoms with Crippen molar-refractivity contribution in [1.29, 1.82) is 0 Å². The Bertz CT molecular complexity index is 628. The first-order chi connectivity index (χ1) is 9.52. The van der Waals surface area contributed by atoms with Crippen molar-refractivity contribution < 1.29 is 15.0 Å². The van der Waals surface area contributed by atoms with Crippen LogP contribution in [0.5, 0.6) is 0 Å².